The molecule has 4 aromatic heterocycles. The Bertz CT molecular complexity index is 1100. The Labute approximate surface area is 170 Å². The number of hydrogen-bond acceptors (Lipinski definition) is 6. The van der Waals surface area contributed by atoms with Crippen LogP contribution in [0.1, 0.15) is 22.1 Å². The molecule has 0 unspecified atom stereocenters. The second-order valence-corrected chi connectivity index (χ2v) is 8.55. The average molecular weight is 410 g/mol. The van der Waals surface area contributed by atoms with Crippen LogP contribution in [0.25, 0.3) is 16.6 Å². The number of nitrogens with zero attached hydrogens (tertiary/aromatic N) is 5. The van der Waals surface area contributed by atoms with Gasteiger partial charge < -0.3 is 4.90 Å². The minimum Gasteiger partial charge on any atom is -0.335 e. The van der Waals surface area contributed by atoms with Gasteiger partial charge in [-0.2, -0.15) is 22.7 Å². The van der Waals surface area contributed by atoms with Gasteiger partial charge in [0.15, 0.2) is 0 Å². The third kappa shape index (κ3) is 3.03. The maximum atomic E-state index is 12.8. The maximum absolute atomic E-state index is 12.8. The molecule has 8 heteroatoms. The molecule has 1 fully saturated rings. The first-order chi connectivity index (χ1) is 13.7. The van der Waals surface area contributed by atoms with E-state index < -0.39 is 0 Å². The van der Waals surface area contributed by atoms with Crippen molar-refractivity contribution in [2.45, 2.75) is 6.04 Å². The van der Waals surface area contributed by atoms with E-state index in [9.17, 15) is 4.79 Å². The highest BCUT2D eigenvalue weighted by atomic mass is 32.1. The van der Waals surface area contributed by atoms with E-state index in [4.69, 9.17) is 0 Å². The van der Waals surface area contributed by atoms with Crippen molar-refractivity contribution in [1.82, 2.24) is 24.6 Å². The Balaban J connectivity index is 1.45. The number of rotatable bonds is 3. The van der Waals surface area contributed by atoms with Gasteiger partial charge in [0.25, 0.3) is 5.91 Å². The molecule has 1 atom stereocenters. The first-order valence-electron chi connectivity index (χ1n) is 9.10. The molecule has 0 saturated carbocycles. The molecule has 5 rings (SSSR count). The summed E-state index contributed by atoms with van der Waals surface area (Å²) in [6.45, 7) is 2.15. The number of piperazine rings is 1. The van der Waals surface area contributed by atoms with Crippen molar-refractivity contribution >= 4 is 34.1 Å². The summed E-state index contributed by atoms with van der Waals surface area (Å²) in [4.78, 5) is 17.0. The Hall–Kier alpha value is -2.55. The highest BCUT2D eigenvalue weighted by Gasteiger charge is 2.32. The van der Waals surface area contributed by atoms with Gasteiger partial charge in [0.2, 0.25) is 0 Å². The Morgan fingerprint density at radius 1 is 1.07 bits per heavy atom. The van der Waals surface area contributed by atoms with E-state index in [2.05, 4.69) is 51.2 Å². The van der Waals surface area contributed by atoms with Gasteiger partial charge in [0.05, 0.1) is 17.1 Å². The summed E-state index contributed by atoms with van der Waals surface area (Å²) in [7, 11) is 2.09. The number of pyridine rings is 1. The number of carbonyl (C=O) groups excluding carboxylic acids is 1. The normalized spacial score (nSPS) is 18.0. The predicted octanol–water partition coefficient (Wildman–Crippen LogP) is 3.65. The van der Waals surface area contributed by atoms with Crippen LogP contribution < -0.4 is 0 Å². The van der Waals surface area contributed by atoms with E-state index in [0.29, 0.717) is 6.54 Å². The largest absolute Gasteiger partial charge is 0.335 e. The molecule has 0 N–H and O–H groups in total. The van der Waals surface area contributed by atoms with Crippen LogP contribution in [0.4, 0.5) is 0 Å². The molecule has 0 radical (unpaired) electrons. The zero-order chi connectivity index (χ0) is 19.1. The molecule has 1 aliphatic heterocycles. The Morgan fingerprint density at radius 3 is 2.71 bits per heavy atom. The van der Waals surface area contributed by atoms with Crippen molar-refractivity contribution in [1.29, 1.82) is 0 Å². The molecular formula is C20H19N5OS2. The molecule has 0 aliphatic carbocycles. The fourth-order valence-corrected chi connectivity index (χ4v) is 4.97. The number of fused-ring (bicyclic) bond motifs is 1. The standard InChI is InChI=1S/C20H19N5OS2/c1-23-6-7-24(20(26)16-5-9-28-13-16)11-18(23)19-17-3-2-14(10-25(17)22-21-19)15-4-8-27-12-15/h2-5,8-10,12-13,18H,6-7,11H2,1H3/t18-/m0/s1. The van der Waals surface area contributed by atoms with Crippen LogP contribution in [-0.4, -0.2) is 57.2 Å². The number of hydrogen-bond donors (Lipinski definition) is 0. The van der Waals surface area contributed by atoms with Crippen molar-refractivity contribution in [3.05, 3.63) is 63.2 Å². The first-order valence-corrected chi connectivity index (χ1v) is 11.0. The van der Waals surface area contributed by atoms with Crippen LogP contribution in [0.5, 0.6) is 0 Å². The van der Waals surface area contributed by atoms with Crippen LogP contribution in [0.15, 0.2) is 52.0 Å². The zero-order valence-electron chi connectivity index (χ0n) is 15.4. The van der Waals surface area contributed by atoms with Gasteiger partial charge in [-0.15, -0.1) is 5.10 Å². The van der Waals surface area contributed by atoms with Crippen molar-refractivity contribution < 1.29 is 4.79 Å². The van der Waals surface area contributed by atoms with Gasteiger partial charge in [-0.05, 0) is 47.0 Å². The SMILES string of the molecule is CN1CCN(C(=O)c2ccsc2)C[C@H]1c1nnn2cc(-c3ccsc3)ccc12. The van der Waals surface area contributed by atoms with Crippen LogP contribution in [0.2, 0.25) is 0 Å². The van der Waals surface area contributed by atoms with E-state index >= 15 is 0 Å². The van der Waals surface area contributed by atoms with Crippen molar-refractivity contribution in [2.75, 3.05) is 26.7 Å². The van der Waals surface area contributed by atoms with Gasteiger partial charge in [-0.1, -0.05) is 11.3 Å². The number of likely N-dealkylation sites (N-methyl/N-ethyl adjacent to an activating group) is 1. The molecule has 1 saturated heterocycles. The van der Waals surface area contributed by atoms with E-state index in [1.165, 1.54) is 5.56 Å². The number of aromatic nitrogens is 3. The fourth-order valence-electron chi connectivity index (χ4n) is 3.67. The number of amides is 1. The van der Waals surface area contributed by atoms with Crippen molar-refractivity contribution in [3.63, 3.8) is 0 Å². The molecule has 0 aromatic carbocycles. The summed E-state index contributed by atoms with van der Waals surface area (Å²) in [5.41, 5.74) is 4.98. The van der Waals surface area contributed by atoms with Crippen molar-refractivity contribution in [3.8, 4) is 11.1 Å². The zero-order valence-corrected chi connectivity index (χ0v) is 17.0. The maximum Gasteiger partial charge on any atom is 0.254 e. The van der Waals surface area contributed by atoms with Crippen LogP contribution in [0, 0.1) is 0 Å². The lowest BCUT2D eigenvalue weighted by molar-refractivity contribution is 0.0542. The lowest BCUT2D eigenvalue weighted by Gasteiger charge is -2.38. The molecule has 6 nitrogen and oxygen atoms in total. The monoisotopic (exact) mass is 409 g/mol. The summed E-state index contributed by atoms with van der Waals surface area (Å²) >= 11 is 3.23. The predicted molar refractivity (Wildman–Crippen MR) is 112 cm³/mol. The summed E-state index contributed by atoms with van der Waals surface area (Å²) < 4.78 is 1.84. The second kappa shape index (κ2) is 7.12. The molecule has 4 aromatic rings. The lowest BCUT2D eigenvalue weighted by atomic mass is 10.1. The molecular weight excluding hydrogens is 390 g/mol. The average Bonchev–Trinajstić information content (AvgIpc) is 3.48. The van der Waals surface area contributed by atoms with E-state index in [0.717, 1.165) is 35.4 Å². The summed E-state index contributed by atoms with van der Waals surface area (Å²) in [6.07, 6.45) is 2.02. The highest BCUT2D eigenvalue weighted by molar-refractivity contribution is 7.08. The van der Waals surface area contributed by atoms with Gasteiger partial charge >= 0.3 is 0 Å². The Morgan fingerprint density at radius 2 is 1.93 bits per heavy atom. The van der Waals surface area contributed by atoms with Gasteiger partial charge in [-0.3, -0.25) is 9.69 Å². The summed E-state index contributed by atoms with van der Waals surface area (Å²) in [5, 5.41) is 16.9. The molecule has 0 spiro atoms. The van der Waals surface area contributed by atoms with Crippen LogP contribution in [0.3, 0.4) is 0 Å². The molecule has 0 bridgehead atoms. The second-order valence-electron chi connectivity index (χ2n) is 6.99. The number of thiophene rings is 2. The van der Waals surface area contributed by atoms with Crippen molar-refractivity contribution in [2.24, 2.45) is 0 Å². The minimum atomic E-state index is 0.0285. The molecule has 28 heavy (non-hydrogen) atoms. The molecule has 1 amide bonds. The van der Waals surface area contributed by atoms with Gasteiger partial charge in [0, 0.05) is 36.8 Å². The molecule has 1 aliphatic rings. The fraction of sp³-hybridized carbons (Fsp3) is 0.250. The quantitative estimate of drug-likeness (QED) is 0.518. The van der Waals surface area contributed by atoms with Crippen LogP contribution in [-0.2, 0) is 0 Å². The topological polar surface area (TPSA) is 53.7 Å². The van der Waals surface area contributed by atoms with Gasteiger partial charge in [-0.25, -0.2) is 4.52 Å². The van der Waals surface area contributed by atoms with E-state index in [1.54, 1.807) is 22.7 Å². The third-order valence-electron chi connectivity index (χ3n) is 5.31. The Kier molecular flexibility index (Phi) is 4.46. The third-order valence-corrected chi connectivity index (χ3v) is 6.68. The van der Waals surface area contributed by atoms with Gasteiger partial charge in [0.1, 0.15) is 5.69 Å². The highest BCUT2D eigenvalue weighted by Crippen LogP contribution is 2.29. The smallest absolute Gasteiger partial charge is 0.254 e. The lowest BCUT2D eigenvalue weighted by Crippen LogP contribution is -2.49. The van der Waals surface area contributed by atoms with Crippen LogP contribution >= 0.6 is 22.7 Å². The molecule has 142 valence electrons. The molecule has 5 heterocycles. The summed E-state index contributed by atoms with van der Waals surface area (Å²) in [6, 6.07) is 8.21. The van der Waals surface area contributed by atoms with E-state index in [-0.39, 0.29) is 11.9 Å². The first kappa shape index (κ1) is 17.5. The summed E-state index contributed by atoms with van der Waals surface area (Å²) in [5.74, 6) is 0.0931. The minimum absolute atomic E-state index is 0.0285. The van der Waals surface area contributed by atoms with E-state index in [1.807, 2.05) is 32.4 Å². The number of carbonyl (C=O) groups is 1.